The van der Waals surface area contributed by atoms with Crippen molar-refractivity contribution in [2.24, 2.45) is 5.92 Å². The maximum atomic E-state index is 12.1. The van der Waals surface area contributed by atoms with E-state index in [1.807, 2.05) is 39.5 Å². The number of likely N-dealkylation sites (tertiary alicyclic amines) is 1. The lowest BCUT2D eigenvalue weighted by atomic mass is 9.99. The topological polar surface area (TPSA) is 59.1 Å². The molecule has 122 valence electrons. The minimum atomic E-state index is -0.490. The van der Waals surface area contributed by atoms with Crippen molar-refractivity contribution < 1.29 is 19.1 Å². The zero-order valence-electron chi connectivity index (χ0n) is 13.8. The summed E-state index contributed by atoms with van der Waals surface area (Å²) >= 11 is 0. The van der Waals surface area contributed by atoms with E-state index in [0.717, 1.165) is 0 Å². The van der Waals surface area contributed by atoms with Gasteiger partial charge >= 0.3 is 6.09 Å². The zero-order chi connectivity index (χ0) is 16.0. The van der Waals surface area contributed by atoms with Gasteiger partial charge in [-0.2, -0.15) is 0 Å². The van der Waals surface area contributed by atoms with Crippen LogP contribution in [0, 0.1) is 5.92 Å². The molecule has 0 aliphatic carbocycles. The minimum absolute atomic E-state index is 0.0781. The number of rotatable bonds is 1. The van der Waals surface area contributed by atoms with Crippen LogP contribution < -0.4 is 0 Å². The van der Waals surface area contributed by atoms with Crippen molar-refractivity contribution in [3.05, 3.63) is 0 Å². The van der Waals surface area contributed by atoms with Gasteiger partial charge < -0.3 is 19.3 Å². The third-order valence-corrected chi connectivity index (χ3v) is 3.21. The molecule has 2 rings (SSSR count). The van der Waals surface area contributed by atoms with E-state index in [1.165, 1.54) is 0 Å². The monoisotopic (exact) mass is 300 g/mol. The van der Waals surface area contributed by atoms with Crippen molar-refractivity contribution in [1.29, 1.82) is 0 Å². The second-order valence-corrected chi connectivity index (χ2v) is 6.02. The number of nitrogens with zero attached hydrogens (tertiary/aromatic N) is 2. The minimum Gasteiger partial charge on any atom is -0.444 e. The van der Waals surface area contributed by atoms with Gasteiger partial charge in [-0.25, -0.2) is 4.79 Å². The Balaban J connectivity index is 0.00000106. The Morgan fingerprint density at radius 2 is 1.57 bits per heavy atom. The molecule has 0 radical (unpaired) electrons. The first-order valence-electron chi connectivity index (χ1n) is 7.71. The van der Waals surface area contributed by atoms with Gasteiger partial charge in [-0.1, -0.05) is 13.8 Å². The molecule has 2 aliphatic rings. The van der Waals surface area contributed by atoms with Crippen LogP contribution in [0.2, 0.25) is 0 Å². The fourth-order valence-corrected chi connectivity index (χ4v) is 2.15. The summed E-state index contributed by atoms with van der Waals surface area (Å²) < 4.78 is 10.5. The maximum Gasteiger partial charge on any atom is 0.410 e. The quantitative estimate of drug-likeness (QED) is 0.740. The van der Waals surface area contributed by atoms with Gasteiger partial charge in [-0.05, 0) is 20.8 Å². The highest BCUT2D eigenvalue weighted by Crippen LogP contribution is 2.21. The van der Waals surface area contributed by atoms with Gasteiger partial charge in [0.25, 0.3) is 0 Å². The normalized spacial score (nSPS) is 19.3. The van der Waals surface area contributed by atoms with E-state index in [1.54, 1.807) is 4.90 Å². The Morgan fingerprint density at radius 1 is 1.05 bits per heavy atom. The van der Waals surface area contributed by atoms with Crippen LogP contribution >= 0.6 is 0 Å². The first kappa shape index (κ1) is 17.8. The molecule has 2 amide bonds. The average molecular weight is 300 g/mol. The van der Waals surface area contributed by atoms with Crippen LogP contribution in [0.4, 0.5) is 4.79 Å². The van der Waals surface area contributed by atoms with Crippen molar-refractivity contribution in [3.63, 3.8) is 0 Å². The van der Waals surface area contributed by atoms with Gasteiger partial charge in [0.15, 0.2) is 0 Å². The van der Waals surface area contributed by atoms with Crippen LogP contribution in [-0.4, -0.2) is 66.8 Å². The molecule has 2 heterocycles. The van der Waals surface area contributed by atoms with Gasteiger partial charge in [0, 0.05) is 26.2 Å². The molecular formula is C15H28N2O4. The molecular weight excluding hydrogens is 272 g/mol. The molecule has 2 fully saturated rings. The summed E-state index contributed by atoms with van der Waals surface area (Å²) in [5.74, 6) is 0.0497. The standard InChI is InChI=1S/C13H22N2O4.C2H6/c1-13(2,3)19-12(17)15-8-10(9-15)11(16)14-4-6-18-7-5-14;1-2/h10H,4-9H2,1-3H3;1-2H3. The number of hydrogen-bond donors (Lipinski definition) is 0. The molecule has 0 aromatic carbocycles. The highest BCUT2D eigenvalue weighted by Gasteiger charge is 2.39. The smallest absolute Gasteiger partial charge is 0.410 e. The van der Waals surface area contributed by atoms with E-state index < -0.39 is 5.60 Å². The van der Waals surface area contributed by atoms with E-state index in [-0.39, 0.29) is 17.9 Å². The number of ether oxygens (including phenoxy) is 2. The summed E-state index contributed by atoms with van der Waals surface area (Å²) in [6, 6.07) is 0. The maximum absolute atomic E-state index is 12.1. The molecule has 21 heavy (non-hydrogen) atoms. The van der Waals surface area contributed by atoms with Gasteiger partial charge in [-0.3, -0.25) is 4.79 Å². The summed E-state index contributed by atoms with van der Waals surface area (Å²) in [4.78, 5) is 27.3. The Morgan fingerprint density at radius 3 is 2.05 bits per heavy atom. The van der Waals surface area contributed by atoms with E-state index in [4.69, 9.17) is 9.47 Å². The first-order valence-corrected chi connectivity index (χ1v) is 7.71. The van der Waals surface area contributed by atoms with Crippen molar-refractivity contribution in [2.75, 3.05) is 39.4 Å². The molecule has 0 N–H and O–H groups in total. The molecule has 6 heteroatoms. The van der Waals surface area contributed by atoms with Crippen LogP contribution in [0.15, 0.2) is 0 Å². The Bertz CT molecular complexity index is 353. The predicted octanol–water partition coefficient (Wildman–Crippen LogP) is 1.74. The molecule has 0 atom stereocenters. The van der Waals surface area contributed by atoms with E-state index in [0.29, 0.717) is 39.4 Å². The summed E-state index contributed by atoms with van der Waals surface area (Å²) in [6.07, 6.45) is -0.335. The van der Waals surface area contributed by atoms with Crippen molar-refractivity contribution in [3.8, 4) is 0 Å². The van der Waals surface area contributed by atoms with E-state index in [9.17, 15) is 9.59 Å². The summed E-state index contributed by atoms with van der Waals surface area (Å²) in [6.45, 7) is 12.9. The summed E-state index contributed by atoms with van der Waals surface area (Å²) in [7, 11) is 0. The molecule has 0 spiro atoms. The van der Waals surface area contributed by atoms with Crippen molar-refractivity contribution >= 4 is 12.0 Å². The van der Waals surface area contributed by atoms with Crippen LogP contribution in [-0.2, 0) is 14.3 Å². The fraction of sp³-hybridized carbons (Fsp3) is 0.867. The second kappa shape index (κ2) is 7.64. The number of morpholine rings is 1. The van der Waals surface area contributed by atoms with Crippen LogP contribution in [0.25, 0.3) is 0 Å². The Labute approximate surface area is 127 Å². The number of amides is 2. The highest BCUT2D eigenvalue weighted by molar-refractivity contribution is 5.82. The van der Waals surface area contributed by atoms with Crippen molar-refractivity contribution in [2.45, 2.75) is 40.2 Å². The highest BCUT2D eigenvalue weighted by atomic mass is 16.6. The van der Waals surface area contributed by atoms with Crippen LogP contribution in [0.3, 0.4) is 0 Å². The van der Waals surface area contributed by atoms with Crippen LogP contribution in [0.5, 0.6) is 0 Å². The Kier molecular flexibility index (Phi) is 6.45. The number of carbonyl (C=O) groups excluding carboxylic acids is 2. The molecule has 2 saturated heterocycles. The van der Waals surface area contributed by atoms with Crippen molar-refractivity contribution in [1.82, 2.24) is 9.80 Å². The first-order chi connectivity index (χ1) is 9.87. The van der Waals surface area contributed by atoms with E-state index >= 15 is 0 Å². The van der Waals surface area contributed by atoms with Gasteiger partial charge in [-0.15, -0.1) is 0 Å². The molecule has 0 aromatic rings. The third kappa shape index (κ3) is 5.19. The second-order valence-electron chi connectivity index (χ2n) is 6.02. The van der Waals surface area contributed by atoms with Gasteiger partial charge in [0.1, 0.15) is 5.60 Å². The summed E-state index contributed by atoms with van der Waals surface area (Å²) in [5.41, 5.74) is -0.490. The third-order valence-electron chi connectivity index (χ3n) is 3.21. The number of hydrogen-bond acceptors (Lipinski definition) is 4. The largest absolute Gasteiger partial charge is 0.444 e. The average Bonchev–Trinajstić information content (AvgIpc) is 2.38. The van der Waals surface area contributed by atoms with Crippen LogP contribution in [0.1, 0.15) is 34.6 Å². The lowest BCUT2D eigenvalue weighted by Gasteiger charge is -2.41. The molecule has 6 nitrogen and oxygen atoms in total. The lowest BCUT2D eigenvalue weighted by Crippen LogP contribution is -2.58. The SMILES string of the molecule is CC.CC(C)(C)OC(=O)N1CC(C(=O)N2CCOCC2)C1. The molecule has 2 aliphatic heterocycles. The molecule has 0 unspecified atom stereocenters. The number of carbonyl (C=O) groups is 2. The lowest BCUT2D eigenvalue weighted by molar-refractivity contribution is -0.144. The van der Waals surface area contributed by atoms with E-state index in [2.05, 4.69) is 0 Å². The summed E-state index contributed by atoms with van der Waals surface area (Å²) in [5, 5.41) is 0. The van der Waals surface area contributed by atoms with Gasteiger partial charge in [0.2, 0.25) is 5.91 Å². The zero-order valence-corrected chi connectivity index (χ0v) is 13.8. The molecule has 0 saturated carbocycles. The molecule has 0 aromatic heterocycles. The Hall–Kier alpha value is -1.30. The predicted molar refractivity (Wildman–Crippen MR) is 80.0 cm³/mol. The fourth-order valence-electron chi connectivity index (χ4n) is 2.15. The van der Waals surface area contributed by atoms with Gasteiger partial charge in [0.05, 0.1) is 19.1 Å². The molecule has 0 bridgehead atoms.